The number of aromatic carboxylic acids is 1. The number of fused-ring (bicyclic) bond motifs is 1. The van der Waals surface area contributed by atoms with Crippen molar-refractivity contribution in [1.82, 2.24) is 9.55 Å². The first-order valence-electron chi connectivity index (χ1n) is 6.22. The summed E-state index contributed by atoms with van der Waals surface area (Å²) < 4.78 is 15.2. The van der Waals surface area contributed by atoms with Crippen LogP contribution >= 0.6 is 0 Å². The number of carboxylic acid groups (broad SMARTS) is 1. The van der Waals surface area contributed by atoms with E-state index in [1.54, 1.807) is 13.0 Å². The van der Waals surface area contributed by atoms with Crippen LogP contribution in [0.2, 0.25) is 0 Å². The number of rotatable bonds is 2. The van der Waals surface area contributed by atoms with E-state index in [9.17, 15) is 14.0 Å². The van der Waals surface area contributed by atoms with Gasteiger partial charge in [0.05, 0.1) is 22.3 Å². The molecule has 0 aliphatic heterocycles. The van der Waals surface area contributed by atoms with Crippen LogP contribution in [0, 0.1) is 12.7 Å². The van der Waals surface area contributed by atoms with Crippen molar-refractivity contribution in [1.29, 1.82) is 0 Å². The maximum absolute atomic E-state index is 14.1. The van der Waals surface area contributed by atoms with Gasteiger partial charge in [-0.3, -0.25) is 4.57 Å². The Morgan fingerprint density at radius 2 is 2.00 bits per heavy atom. The number of hydrogen-bond acceptors (Lipinski definition) is 2. The van der Waals surface area contributed by atoms with Gasteiger partial charge in [-0.15, -0.1) is 0 Å². The molecule has 0 aliphatic carbocycles. The Balaban J connectivity index is 2.35. The van der Waals surface area contributed by atoms with E-state index >= 15 is 0 Å². The fraction of sp³-hybridized carbons (Fsp3) is 0.0667. The summed E-state index contributed by atoms with van der Waals surface area (Å²) in [5.74, 6) is -1.65. The minimum absolute atomic E-state index is 0.0303. The van der Waals surface area contributed by atoms with E-state index in [1.807, 2.05) is 0 Å². The molecule has 106 valence electrons. The summed E-state index contributed by atoms with van der Waals surface area (Å²) >= 11 is 0. The minimum atomic E-state index is -1.11. The minimum Gasteiger partial charge on any atom is -0.478 e. The largest absolute Gasteiger partial charge is 0.478 e. The number of aromatic amines is 1. The van der Waals surface area contributed by atoms with Gasteiger partial charge < -0.3 is 10.1 Å². The highest BCUT2D eigenvalue weighted by Crippen LogP contribution is 2.20. The van der Waals surface area contributed by atoms with Gasteiger partial charge >= 0.3 is 11.7 Å². The number of aromatic nitrogens is 2. The van der Waals surface area contributed by atoms with Gasteiger partial charge in [0.1, 0.15) is 5.82 Å². The molecule has 1 heterocycles. The second-order valence-electron chi connectivity index (χ2n) is 4.76. The second kappa shape index (κ2) is 4.59. The fourth-order valence-corrected chi connectivity index (χ4v) is 2.27. The first-order chi connectivity index (χ1) is 9.97. The van der Waals surface area contributed by atoms with E-state index in [4.69, 9.17) is 5.11 Å². The van der Waals surface area contributed by atoms with Crippen LogP contribution in [0.1, 0.15) is 15.9 Å². The maximum Gasteiger partial charge on any atom is 0.335 e. The summed E-state index contributed by atoms with van der Waals surface area (Å²) in [5, 5.41) is 9.03. The Morgan fingerprint density at radius 3 is 2.67 bits per heavy atom. The molecule has 0 saturated carbocycles. The molecular formula is C15H11FN2O3. The number of H-pyrrole nitrogens is 1. The van der Waals surface area contributed by atoms with Crippen molar-refractivity contribution in [3.8, 4) is 5.69 Å². The zero-order valence-electron chi connectivity index (χ0n) is 11.1. The number of carboxylic acids is 1. The summed E-state index contributed by atoms with van der Waals surface area (Å²) in [6.45, 7) is 1.74. The first kappa shape index (κ1) is 13.1. The van der Waals surface area contributed by atoms with Crippen molar-refractivity contribution in [2.24, 2.45) is 0 Å². The summed E-state index contributed by atoms with van der Waals surface area (Å²) in [6, 6.07) is 8.72. The lowest BCUT2D eigenvalue weighted by Gasteiger charge is -2.06. The zero-order valence-corrected chi connectivity index (χ0v) is 11.1. The molecule has 0 spiro atoms. The summed E-state index contributed by atoms with van der Waals surface area (Å²) in [7, 11) is 0. The van der Waals surface area contributed by atoms with E-state index in [0.29, 0.717) is 11.0 Å². The summed E-state index contributed by atoms with van der Waals surface area (Å²) in [5.41, 5.74) is 1.10. The average Bonchev–Trinajstić information content (AvgIpc) is 2.74. The number of imidazole rings is 1. The van der Waals surface area contributed by atoms with Gasteiger partial charge in [-0.1, -0.05) is 6.07 Å². The highest BCUT2D eigenvalue weighted by atomic mass is 19.1. The van der Waals surface area contributed by atoms with Crippen molar-refractivity contribution in [3.63, 3.8) is 0 Å². The van der Waals surface area contributed by atoms with Crippen LogP contribution in [-0.2, 0) is 0 Å². The molecule has 0 radical (unpaired) electrons. The van der Waals surface area contributed by atoms with Gasteiger partial charge in [0.25, 0.3) is 0 Å². The molecule has 5 nitrogen and oxygen atoms in total. The molecule has 0 aliphatic rings. The van der Waals surface area contributed by atoms with E-state index in [-0.39, 0.29) is 11.3 Å². The van der Waals surface area contributed by atoms with E-state index in [1.165, 1.54) is 30.3 Å². The number of nitrogens with one attached hydrogen (secondary N) is 1. The van der Waals surface area contributed by atoms with Crippen molar-refractivity contribution in [2.45, 2.75) is 6.92 Å². The van der Waals surface area contributed by atoms with Gasteiger partial charge in [0.15, 0.2) is 0 Å². The lowest BCUT2D eigenvalue weighted by atomic mass is 10.2. The third-order valence-corrected chi connectivity index (χ3v) is 3.27. The van der Waals surface area contributed by atoms with E-state index < -0.39 is 17.5 Å². The number of benzene rings is 2. The molecule has 0 amide bonds. The van der Waals surface area contributed by atoms with Crippen LogP contribution < -0.4 is 5.69 Å². The lowest BCUT2D eigenvalue weighted by molar-refractivity contribution is 0.0697. The third-order valence-electron chi connectivity index (χ3n) is 3.27. The average molecular weight is 286 g/mol. The molecule has 2 N–H and O–H groups in total. The molecule has 0 saturated heterocycles. The molecular weight excluding hydrogens is 275 g/mol. The van der Waals surface area contributed by atoms with Crippen LogP contribution in [0.25, 0.3) is 16.7 Å². The molecule has 1 aromatic heterocycles. The quantitative estimate of drug-likeness (QED) is 0.760. The van der Waals surface area contributed by atoms with Crippen molar-refractivity contribution in [3.05, 3.63) is 63.8 Å². The molecule has 0 fully saturated rings. The van der Waals surface area contributed by atoms with Crippen LogP contribution in [0.4, 0.5) is 4.39 Å². The van der Waals surface area contributed by atoms with E-state index in [0.717, 1.165) is 10.1 Å². The summed E-state index contributed by atoms with van der Waals surface area (Å²) in [6.07, 6.45) is 0. The smallest absolute Gasteiger partial charge is 0.335 e. The Bertz CT molecular complexity index is 924. The van der Waals surface area contributed by atoms with E-state index in [2.05, 4.69) is 4.98 Å². The zero-order chi connectivity index (χ0) is 15.1. The molecule has 3 rings (SSSR count). The monoisotopic (exact) mass is 286 g/mol. The molecule has 0 unspecified atom stereocenters. The summed E-state index contributed by atoms with van der Waals surface area (Å²) in [4.78, 5) is 25.7. The third kappa shape index (κ3) is 2.10. The topological polar surface area (TPSA) is 75.1 Å². The molecule has 2 aromatic carbocycles. The number of halogens is 1. The van der Waals surface area contributed by atoms with Crippen LogP contribution in [-0.4, -0.2) is 20.6 Å². The number of nitrogens with zero attached hydrogens (tertiary/aromatic N) is 1. The number of carbonyl (C=O) groups is 1. The highest BCUT2D eigenvalue weighted by Gasteiger charge is 2.14. The van der Waals surface area contributed by atoms with Crippen LogP contribution in [0.5, 0.6) is 0 Å². The van der Waals surface area contributed by atoms with Crippen LogP contribution in [0.15, 0.2) is 41.2 Å². The normalized spacial score (nSPS) is 11.0. The van der Waals surface area contributed by atoms with Crippen LogP contribution in [0.3, 0.4) is 0 Å². The standard InChI is InChI=1S/C15H11FN2O3/c1-8-2-5-12(10(16)6-8)18-13-7-9(14(19)20)3-4-11(13)17-15(18)21/h2-7H,1H3,(H,17,21)(H,19,20). The van der Waals surface area contributed by atoms with Crippen molar-refractivity contribution >= 4 is 17.0 Å². The van der Waals surface area contributed by atoms with Gasteiger partial charge in [-0.05, 0) is 42.8 Å². The Hall–Kier alpha value is -2.89. The Kier molecular flexibility index (Phi) is 2.86. The fourth-order valence-electron chi connectivity index (χ4n) is 2.27. The van der Waals surface area contributed by atoms with Gasteiger partial charge in [0, 0.05) is 0 Å². The molecule has 0 bridgehead atoms. The molecule has 21 heavy (non-hydrogen) atoms. The Labute approximate surface area is 118 Å². The van der Waals surface area contributed by atoms with Gasteiger partial charge in [-0.2, -0.15) is 0 Å². The predicted molar refractivity (Wildman–Crippen MR) is 75.5 cm³/mol. The lowest BCUT2D eigenvalue weighted by Crippen LogP contribution is -2.16. The maximum atomic E-state index is 14.1. The SMILES string of the molecule is Cc1ccc(-n2c(=O)[nH]c3ccc(C(=O)O)cc32)c(F)c1. The Morgan fingerprint density at radius 1 is 1.24 bits per heavy atom. The van der Waals surface area contributed by atoms with Crippen molar-refractivity contribution < 1.29 is 14.3 Å². The predicted octanol–water partition coefficient (Wildman–Crippen LogP) is 2.46. The second-order valence-corrected chi connectivity index (χ2v) is 4.76. The molecule has 3 aromatic rings. The highest BCUT2D eigenvalue weighted by molar-refractivity contribution is 5.92. The first-order valence-corrected chi connectivity index (χ1v) is 6.22. The molecule has 0 atom stereocenters. The number of aryl methyl sites for hydroxylation is 1. The van der Waals surface area contributed by atoms with Gasteiger partial charge in [0.2, 0.25) is 0 Å². The van der Waals surface area contributed by atoms with Crippen molar-refractivity contribution in [2.75, 3.05) is 0 Å². The molecule has 6 heteroatoms. The van der Waals surface area contributed by atoms with Gasteiger partial charge in [-0.25, -0.2) is 14.0 Å². The number of hydrogen-bond donors (Lipinski definition) is 2.